The summed E-state index contributed by atoms with van der Waals surface area (Å²) in [6, 6.07) is -1.50. The van der Waals surface area contributed by atoms with Crippen molar-refractivity contribution in [1.82, 2.24) is 10.2 Å². The Morgan fingerprint density at radius 3 is 2.08 bits per heavy atom. The van der Waals surface area contributed by atoms with Gasteiger partial charge in [0.1, 0.15) is 6.04 Å². The summed E-state index contributed by atoms with van der Waals surface area (Å²) in [5.41, 5.74) is 0. The molecule has 0 rings (SSSR count). The highest BCUT2D eigenvalue weighted by Crippen LogP contribution is 2.14. The Bertz CT molecular complexity index is 490. The van der Waals surface area contributed by atoms with Gasteiger partial charge in [0.15, 0.2) is 6.04 Å². The molecule has 26 heavy (non-hydrogen) atoms. The molecule has 3 atom stereocenters. The predicted octanol–water partition coefficient (Wildman–Crippen LogP) is 1.76. The van der Waals surface area contributed by atoms with Gasteiger partial charge >= 0.3 is 12.1 Å². The Morgan fingerprint density at radius 2 is 1.69 bits per heavy atom. The topological polar surface area (TPSA) is 116 Å². The number of ether oxygens (including phenoxy) is 1. The minimum atomic E-state index is -1.44. The zero-order valence-corrected chi connectivity index (χ0v) is 17.9. The van der Waals surface area contributed by atoms with Crippen molar-refractivity contribution in [3.8, 4) is 0 Å². The van der Waals surface area contributed by atoms with Gasteiger partial charge in [0.25, 0.3) is 0 Å². The molecule has 0 aliphatic heterocycles. The quantitative estimate of drug-likeness (QED) is 0.490. The molecule has 2 amide bonds. The number of aliphatic carboxylic acids is 1. The molecule has 0 aromatic rings. The van der Waals surface area contributed by atoms with Gasteiger partial charge in [-0.25, -0.2) is 9.59 Å². The van der Waals surface area contributed by atoms with Gasteiger partial charge < -0.3 is 20.3 Å². The summed E-state index contributed by atoms with van der Waals surface area (Å²) in [5.74, 6) is -1.87. The first-order chi connectivity index (χ1) is 11.8. The van der Waals surface area contributed by atoms with Crippen molar-refractivity contribution in [1.29, 1.82) is 0 Å². The summed E-state index contributed by atoms with van der Waals surface area (Å²) >= 11 is 0. The average molecular weight is 391 g/mol. The Labute approximate surface area is 156 Å². The molecule has 0 unspecified atom stereocenters. The molecule has 0 spiro atoms. The third kappa shape index (κ3) is 9.19. The van der Waals surface area contributed by atoms with Crippen LogP contribution in [0.5, 0.6) is 0 Å². The van der Waals surface area contributed by atoms with Gasteiger partial charge in [-0.05, 0) is 25.3 Å². The van der Waals surface area contributed by atoms with Crippen molar-refractivity contribution in [3.05, 3.63) is 0 Å². The lowest BCUT2D eigenvalue weighted by molar-refractivity contribution is -0.145. The molecule has 8 nitrogen and oxygen atoms in total. The van der Waals surface area contributed by atoms with E-state index in [1.807, 2.05) is 13.8 Å². The van der Waals surface area contributed by atoms with Crippen LogP contribution in [0.3, 0.4) is 0 Å². The number of aliphatic hydroxyl groups is 1. The minimum Gasteiger partial charge on any atom is -0.480 e. The number of hydrogen-bond acceptors (Lipinski definition) is 5. The number of amides is 2. The third-order valence-electron chi connectivity index (χ3n) is 3.88. The number of carbonyl (C=O) groups excluding carboxylic acids is 2. The maximum absolute atomic E-state index is 12.5. The van der Waals surface area contributed by atoms with Gasteiger partial charge in [0, 0.05) is 15.1 Å². The zero-order chi connectivity index (χ0) is 20.7. The third-order valence-corrected chi connectivity index (χ3v) is 5.58. The maximum atomic E-state index is 12.5. The fourth-order valence-electron chi connectivity index (χ4n) is 2.20. The van der Waals surface area contributed by atoms with Gasteiger partial charge in [0.05, 0.1) is 12.7 Å². The number of hydrogen-bond donors (Lipinski definition) is 3. The molecule has 0 radical (unpaired) electrons. The molecule has 0 aliphatic carbocycles. The molecular weight excluding hydrogens is 356 g/mol. The summed E-state index contributed by atoms with van der Waals surface area (Å²) in [5, 5.41) is 21.0. The van der Waals surface area contributed by atoms with E-state index in [0.717, 1.165) is 6.04 Å². The zero-order valence-electron chi connectivity index (χ0n) is 16.9. The van der Waals surface area contributed by atoms with Gasteiger partial charge in [-0.1, -0.05) is 33.5 Å². The molecule has 0 heterocycles. The normalized spacial score (nSPS) is 15.1. The molecule has 152 valence electrons. The van der Waals surface area contributed by atoms with E-state index >= 15 is 0 Å². The number of aliphatic hydroxyl groups excluding tert-OH is 1. The van der Waals surface area contributed by atoms with E-state index in [1.165, 1.54) is 18.9 Å². The lowest BCUT2D eigenvalue weighted by atomic mass is 10.0. The second-order valence-electron chi connectivity index (χ2n) is 8.25. The van der Waals surface area contributed by atoms with Crippen LogP contribution in [-0.4, -0.2) is 73.0 Å². The minimum absolute atomic E-state index is 0.0952. The summed E-state index contributed by atoms with van der Waals surface area (Å²) in [6.45, 7) is 11.9. The highest BCUT2D eigenvalue weighted by Gasteiger charge is 2.33. The van der Waals surface area contributed by atoms with Gasteiger partial charge in [-0.3, -0.25) is 9.69 Å². The molecule has 0 aromatic heterocycles. The summed E-state index contributed by atoms with van der Waals surface area (Å²) in [7, 11) is 0.111. The Hall–Kier alpha value is -1.61. The van der Waals surface area contributed by atoms with Crippen LogP contribution >= 0.6 is 0 Å². The lowest BCUT2D eigenvalue weighted by Gasteiger charge is -2.29. The number of likely N-dealkylation sites (N-methyl/N-ethyl adjacent to an activating group) is 1. The summed E-state index contributed by atoms with van der Waals surface area (Å²) in [6.07, 6.45) is -1.53. The smallest absolute Gasteiger partial charge is 0.410 e. The van der Waals surface area contributed by atoms with Gasteiger partial charge in [-0.15, -0.1) is 0 Å². The van der Waals surface area contributed by atoms with Crippen LogP contribution < -0.4 is 5.32 Å². The first kappa shape index (κ1) is 24.4. The van der Waals surface area contributed by atoms with Crippen LogP contribution in [-0.2, 0) is 14.3 Å². The van der Waals surface area contributed by atoms with Crippen molar-refractivity contribution in [3.63, 3.8) is 0 Å². The van der Waals surface area contributed by atoms with Crippen molar-refractivity contribution < 1.29 is 29.3 Å². The Kier molecular flexibility index (Phi) is 9.86. The Balaban J connectivity index is 5.07. The SMILES string of the molecule is CC(C)C[C@@H](C(=O)N[C@H](C(=O)O)[C@@H](C)O)N(C)C(=O)OCC[Si](C)(C)C. The molecule has 3 N–H and O–H groups in total. The van der Waals surface area contributed by atoms with E-state index in [-0.39, 0.29) is 5.92 Å². The van der Waals surface area contributed by atoms with Crippen LogP contribution in [0.2, 0.25) is 25.7 Å². The van der Waals surface area contributed by atoms with E-state index in [0.29, 0.717) is 13.0 Å². The molecule has 9 heteroatoms. The highest BCUT2D eigenvalue weighted by atomic mass is 28.3. The van der Waals surface area contributed by atoms with E-state index < -0.39 is 44.2 Å². The molecule has 0 saturated carbocycles. The molecule has 0 bridgehead atoms. The average Bonchev–Trinajstić information content (AvgIpc) is 2.46. The lowest BCUT2D eigenvalue weighted by Crippen LogP contribution is -2.55. The van der Waals surface area contributed by atoms with Crippen LogP contribution in [0, 0.1) is 5.92 Å². The van der Waals surface area contributed by atoms with Gasteiger partial charge in [0.2, 0.25) is 5.91 Å². The Morgan fingerprint density at radius 1 is 1.15 bits per heavy atom. The number of nitrogens with one attached hydrogen (secondary N) is 1. The van der Waals surface area contributed by atoms with Crippen molar-refractivity contribution in [2.45, 2.75) is 71.1 Å². The van der Waals surface area contributed by atoms with Gasteiger partial charge in [-0.2, -0.15) is 0 Å². The second-order valence-corrected chi connectivity index (χ2v) is 13.9. The monoisotopic (exact) mass is 390 g/mol. The van der Waals surface area contributed by atoms with Crippen molar-refractivity contribution >= 4 is 26.0 Å². The van der Waals surface area contributed by atoms with Crippen molar-refractivity contribution in [2.75, 3.05) is 13.7 Å². The number of carboxylic acid groups (broad SMARTS) is 1. The standard InChI is InChI=1S/C17H34N2O6Si/c1-11(2)10-13(15(21)18-14(12(3)20)16(22)23)19(4)17(24)25-8-9-26(5,6)7/h11-14,20H,8-10H2,1-7H3,(H,18,21)(H,22,23)/t12-,13+,14+/m1/s1. The van der Waals surface area contributed by atoms with E-state index in [9.17, 15) is 19.5 Å². The van der Waals surface area contributed by atoms with Crippen molar-refractivity contribution in [2.24, 2.45) is 5.92 Å². The van der Waals surface area contributed by atoms with Crippen LogP contribution in [0.25, 0.3) is 0 Å². The molecule has 0 aliphatic rings. The van der Waals surface area contributed by atoms with Crippen LogP contribution in [0.15, 0.2) is 0 Å². The number of rotatable bonds is 10. The number of carbonyl (C=O) groups is 3. The van der Waals surface area contributed by atoms with Crippen LogP contribution in [0.4, 0.5) is 4.79 Å². The fourth-order valence-corrected chi connectivity index (χ4v) is 2.91. The first-order valence-electron chi connectivity index (χ1n) is 8.87. The molecule has 0 aromatic carbocycles. The molecule has 0 saturated heterocycles. The fraction of sp³-hybridized carbons (Fsp3) is 0.824. The summed E-state index contributed by atoms with van der Waals surface area (Å²) in [4.78, 5) is 37.2. The first-order valence-corrected chi connectivity index (χ1v) is 12.6. The second kappa shape index (κ2) is 10.5. The molecule has 0 fully saturated rings. The molecular formula is C17H34N2O6Si. The summed E-state index contributed by atoms with van der Waals surface area (Å²) < 4.78 is 5.27. The maximum Gasteiger partial charge on any atom is 0.410 e. The van der Waals surface area contributed by atoms with E-state index in [4.69, 9.17) is 9.84 Å². The number of carboxylic acids is 1. The largest absolute Gasteiger partial charge is 0.480 e. The van der Waals surface area contributed by atoms with E-state index in [2.05, 4.69) is 25.0 Å². The number of nitrogens with zero attached hydrogens (tertiary/aromatic N) is 1. The highest BCUT2D eigenvalue weighted by molar-refractivity contribution is 6.76. The van der Waals surface area contributed by atoms with Crippen LogP contribution in [0.1, 0.15) is 27.2 Å². The van der Waals surface area contributed by atoms with E-state index in [1.54, 1.807) is 0 Å². The predicted molar refractivity (Wildman–Crippen MR) is 102 cm³/mol.